The molecule has 1 atom stereocenters. The van der Waals surface area contributed by atoms with E-state index in [9.17, 15) is 5.26 Å². The van der Waals surface area contributed by atoms with Crippen molar-refractivity contribution in [1.82, 2.24) is 9.80 Å². The molecule has 0 aromatic heterocycles. The molecule has 4 heteroatoms. The maximum absolute atomic E-state index is 9.51. The van der Waals surface area contributed by atoms with E-state index < -0.39 is 0 Å². The molecule has 0 bridgehead atoms. The minimum absolute atomic E-state index is 0.256. The average Bonchev–Trinajstić information content (AvgIpc) is 2.76. The summed E-state index contributed by atoms with van der Waals surface area (Å²) in [5.41, 5.74) is -0.256. The van der Waals surface area contributed by atoms with Crippen molar-refractivity contribution in [3.63, 3.8) is 0 Å². The van der Waals surface area contributed by atoms with Crippen LogP contribution in [0.25, 0.3) is 0 Å². The van der Waals surface area contributed by atoms with E-state index in [0.717, 1.165) is 45.8 Å². The molecule has 0 radical (unpaired) electrons. The van der Waals surface area contributed by atoms with Crippen LogP contribution in [0.3, 0.4) is 0 Å². The van der Waals surface area contributed by atoms with Crippen molar-refractivity contribution in [2.45, 2.75) is 31.8 Å². The van der Waals surface area contributed by atoms with Crippen molar-refractivity contribution >= 4 is 0 Å². The molecule has 2 aliphatic rings. The third-order valence-electron chi connectivity index (χ3n) is 3.83. The van der Waals surface area contributed by atoms with Gasteiger partial charge in [0.05, 0.1) is 19.3 Å². The summed E-state index contributed by atoms with van der Waals surface area (Å²) >= 11 is 0. The molecule has 0 N–H and O–H groups in total. The first-order chi connectivity index (χ1) is 7.68. The number of morpholine rings is 1. The smallest absolute Gasteiger partial charge is 0.123 e. The van der Waals surface area contributed by atoms with Gasteiger partial charge in [-0.1, -0.05) is 0 Å². The van der Waals surface area contributed by atoms with Gasteiger partial charge in [0, 0.05) is 32.2 Å². The van der Waals surface area contributed by atoms with E-state index in [1.807, 2.05) is 0 Å². The minimum atomic E-state index is -0.256. The van der Waals surface area contributed by atoms with Crippen LogP contribution < -0.4 is 0 Å². The second-order valence-electron chi connectivity index (χ2n) is 5.06. The minimum Gasteiger partial charge on any atom is -0.379 e. The number of ether oxygens (including phenoxy) is 1. The lowest BCUT2D eigenvalue weighted by molar-refractivity contribution is -0.00138. The largest absolute Gasteiger partial charge is 0.379 e. The molecule has 0 aromatic rings. The first-order valence-electron chi connectivity index (χ1n) is 6.16. The van der Waals surface area contributed by atoms with Crippen molar-refractivity contribution < 1.29 is 4.74 Å². The van der Waals surface area contributed by atoms with E-state index in [0.29, 0.717) is 6.04 Å². The summed E-state index contributed by atoms with van der Waals surface area (Å²) in [5.74, 6) is 0. The molecule has 2 saturated heterocycles. The molecular weight excluding hydrogens is 202 g/mol. The van der Waals surface area contributed by atoms with Crippen molar-refractivity contribution in [2.24, 2.45) is 0 Å². The lowest BCUT2D eigenvalue weighted by Gasteiger charge is -2.38. The molecule has 2 rings (SSSR count). The van der Waals surface area contributed by atoms with Crippen LogP contribution in [-0.4, -0.2) is 60.8 Å². The summed E-state index contributed by atoms with van der Waals surface area (Å²) in [4.78, 5) is 4.72. The van der Waals surface area contributed by atoms with Gasteiger partial charge in [-0.05, 0) is 20.3 Å². The highest BCUT2D eigenvalue weighted by molar-refractivity contribution is 5.14. The third kappa shape index (κ3) is 2.08. The van der Waals surface area contributed by atoms with Crippen LogP contribution >= 0.6 is 0 Å². The highest BCUT2D eigenvalue weighted by atomic mass is 16.5. The second kappa shape index (κ2) is 4.70. The Bertz CT molecular complexity index is 280. The van der Waals surface area contributed by atoms with Gasteiger partial charge in [0.25, 0.3) is 0 Å². The van der Waals surface area contributed by atoms with Gasteiger partial charge in [0.15, 0.2) is 0 Å². The number of hydrogen-bond donors (Lipinski definition) is 0. The summed E-state index contributed by atoms with van der Waals surface area (Å²) in [7, 11) is 0. The van der Waals surface area contributed by atoms with Crippen molar-refractivity contribution in [3.8, 4) is 6.07 Å². The van der Waals surface area contributed by atoms with Crippen LogP contribution in [0.1, 0.15) is 20.3 Å². The lowest BCUT2D eigenvalue weighted by atomic mass is 9.97. The first kappa shape index (κ1) is 11.8. The second-order valence-corrected chi connectivity index (χ2v) is 5.06. The predicted molar refractivity (Wildman–Crippen MR) is 62.1 cm³/mol. The highest BCUT2D eigenvalue weighted by Gasteiger charge is 2.44. The Morgan fingerprint density at radius 2 is 1.94 bits per heavy atom. The SMILES string of the molecule is CC(C)N1CCC(C#N)(N2CCOCC2)C1. The van der Waals surface area contributed by atoms with E-state index in [2.05, 4.69) is 29.7 Å². The average molecular weight is 223 g/mol. The standard InChI is InChI=1S/C12H21N3O/c1-11(2)14-4-3-12(9-13,10-14)15-5-7-16-8-6-15/h11H,3-8,10H2,1-2H3. The van der Waals surface area contributed by atoms with Crippen molar-refractivity contribution in [1.29, 1.82) is 5.26 Å². The monoisotopic (exact) mass is 223 g/mol. The van der Waals surface area contributed by atoms with E-state index in [1.165, 1.54) is 0 Å². The Balaban J connectivity index is 2.06. The van der Waals surface area contributed by atoms with Crippen LogP contribution in [-0.2, 0) is 4.74 Å². The molecule has 2 aliphatic heterocycles. The van der Waals surface area contributed by atoms with E-state index in [4.69, 9.17) is 4.74 Å². The third-order valence-corrected chi connectivity index (χ3v) is 3.83. The van der Waals surface area contributed by atoms with Gasteiger partial charge in [-0.3, -0.25) is 9.80 Å². The topological polar surface area (TPSA) is 39.5 Å². The number of nitriles is 1. The fourth-order valence-electron chi connectivity index (χ4n) is 2.67. The van der Waals surface area contributed by atoms with Crippen LogP contribution in [0.4, 0.5) is 0 Å². The Morgan fingerprint density at radius 1 is 1.25 bits per heavy atom. The molecule has 2 fully saturated rings. The molecule has 4 nitrogen and oxygen atoms in total. The molecule has 0 saturated carbocycles. The Kier molecular flexibility index (Phi) is 3.48. The molecular formula is C12H21N3O. The molecule has 90 valence electrons. The zero-order valence-corrected chi connectivity index (χ0v) is 10.3. The van der Waals surface area contributed by atoms with Gasteiger partial charge in [-0.25, -0.2) is 0 Å². The van der Waals surface area contributed by atoms with Crippen LogP contribution in [0, 0.1) is 11.3 Å². The Labute approximate surface area is 97.8 Å². The quantitative estimate of drug-likeness (QED) is 0.690. The van der Waals surface area contributed by atoms with Gasteiger partial charge in [0.2, 0.25) is 0 Å². The summed E-state index contributed by atoms with van der Waals surface area (Å²) in [6.07, 6.45) is 0.974. The summed E-state index contributed by atoms with van der Waals surface area (Å²) in [6.45, 7) is 9.68. The Hall–Kier alpha value is -0.630. The molecule has 1 unspecified atom stereocenters. The zero-order chi connectivity index (χ0) is 11.6. The van der Waals surface area contributed by atoms with E-state index >= 15 is 0 Å². The molecule has 0 aromatic carbocycles. The molecule has 16 heavy (non-hydrogen) atoms. The van der Waals surface area contributed by atoms with Crippen LogP contribution in [0.2, 0.25) is 0 Å². The van der Waals surface area contributed by atoms with Gasteiger partial charge < -0.3 is 4.74 Å². The van der Waals surface area contributed by atoms with E-state index in [-0.39, 0.29) is 5.54 Å². The van der Waals surface area contributed by atoms with Gasteiger partial charge in [0.1, 0.15) is 5.54 Å². The molecule has 2 heterocycles. The molecule has 0 spiro atoms. The number of rotatable bonds is 2. The zero-order valence-electron chi connectivity index (χ0n) is 10.3. The number of likely N-dealkylation sites (tertiary alicyclic amines) is 1. The van der Waals surface area contributed by atoms with E-state index in [1.54, 1.807) is 0 Å². The molecule has 0 aliphatic carbocycles. The number of hydrogen-bond acceptors (Lipinski definition) is 4. The summed E-state index contributed by atoms with van der Waals surface area (Å²) in [5, 5.41) is 9.51. The first-order valence-corrected chi connectivity index (χ1v) is 6.16. The normalized spacial score (nSPS) is 33.1. The molecule has 0 amide bonds. The van der Waals surface area contributed by atoms with Gasteiger partial charge >= 0.3 is 0 Å². The fourth-order valence-corrected chi connectivity index (χ4v) is 2.67. The summed E-state index contributed by atoms with van der Waals surface area (Å²) in [6, 6.07) is 3.10. The lowest BCUT2D eigenvalue weighted by Crippen LogP contribution is -2.54. The van der Waals surface area contributed by atoms with Crippen molar-refractivity contribution in [2.75, 3.05) is 39.4 Å². The maximum atomic E-state index is 9.51. The number of nitrogens with zero attached hydrogens (tertiary/aromatic N) is 3. The van der Waals surface area contributed by atoms with Crippen LogP contribution in [0.15, 0.2) is 0 Å². The fraction of sp³-hybridized carbons (Fsp3) is 0.917. The van der Waals surface area contributed by atoms with Gasteiger partial charge in [-0.15, -0.1) is 0 Å². The van der Waals surface area contributed by atoms with Crippen LogP contribution in [0.5, 0.6) is 0 Å². The predicted octanol–water partition coefficient (Wildman–Crippen LogP) is 0.695. The van der Waals surface area contributed by atoms with Gasteiger partial charge in [-0.2, -0.15) is 5.26 Å². The maximum Gasteiger partial charge on any atom is 0.123 e. The highest BCUT2D eigenvalue weighted by Crippen LogP contribution is 2.29. The summed E-state index contributed by atoms with van der Waals surface area (Å²) < 4.78 is 5.36. The van der Waals surface area contributed by atoms with Crippen molar-refractivity contribution in [3.05, 3.63) is 0 Å². The Morgan fingerprint density at radius 3 is 2.44 bits per heavy atom.